The third-order valence-corrected chi connectivity index (χ3v) is 6.40. The SMILES string of the molecule is CCC[C@H]1N(C(=O)c2c(F)cccc2F)c2ccc(OC)cc2C12CCNCC2. The lowest BCUT2D eigenvalue weighted by Gasteiger charge is -2.42. The van der Waals surface area contributed by atoms with Gasteiger partial charge in [-0.2, -0.15) is 0 Å². The van der Waals surface area contributed by atoms with Gasteiger partial charge in [-0.1, -0.05) is 19.4 Å². The van der Waals surface area contributed by atoms with E-state index in [9.17, 15) is 13.6 Å². The number of hydrogen-bond donors (Lipinski definition) is 1. The van der Waals surface area contributed by atoms with Gasteiger partial charge in [0, 0.05) is 17.1 Å². The minimum Gasteiger partial charge on any atom is -0.497 e. The molecule has 0 unspecified atom stereocenters. The average Bonchev–Trinajstić information content (AvgIpc) is 2.97. The molecule has 1 fully saturated rings. The van der Waals surface area contributed by atoms with Crippen LogP contribution < -0.4 is 15.0 Å². The third kappa shape index (κ3) is 3.10. The van der Waals surface area contributed by atoms with Crippen LogP contribution in [0.3, 0.4) is 0 Å². The zero-order valence-corrected chi connectivity index (χ0v) is 16.8. The molecular weight excluding hydrogens is 374 g/mol. The number of nitrogens with zero attached hydrogens (tertiary/aromatic N) is 1. The lowest BCUT2D eigenvalue weighted by molar-refractivity contribution is 0.0953. The van der Waals surface area contributed by atoms with E-state index in [1.807, 2.05) is 12.1 Å². The van der Waals surface area contributed by atoms with Gasteiger partial charge in [0.05, 0.1) is 7.11 Å². The van der Waals surface area contributed by atoms with Crippen LogP contribution in [0.25, 0.3) is 0 Å². The van der Waals surface area contributed by atoms with Gasteiger partial charge in [0.1, 0.15) is 22.9 Å². The summed E-state index contributed by atoms with van der Waals surface area (Å²) in [5.74, 6) is -1.54. The van der Waals surface area contributed by atoms with E-state index in [4.69, 9.17) is 4.74 Å². The van der Waals surface area contributed by atoms with Crippen LogP contribution in [0.1, 0.15) is 48.5 Å². The van der Waals surface area contributed by atoms with Crippen molar-refractivity contribution in [1.29, 1.82) is 0 Å². The van der Waals surface area contributed by atoms with Gasteiger partial charge in [0.25, 0.3) is 5.91 Å². The number of carbonyl (C=O) groups is 1. The van der Waals surface area contributed by atoms with Gasteiger partial charge >= 0.3 is 0 Å². The smallest absolute Gasteiger partial charge is 0.264 e. The number of nitrogens with one attached hydrogen (secondary N) is 1. The van der Waals surface area contributed by atoms with Crippen LogP contribution in [0.2, 0.25) is 0 Å². The molecule has 0 aromatic heterocycles. The summed E-state index contributed by atoms with van der Waals surface area (Å²) in [4.78, 5) is 15.2. The quantitative estimate of drug-likeness (QED) is 0.826. The molecule has 2 heterocycles. The number of methoxy groups -OCH3 is 1. The Kier molecular flexibility index (Phi) is 5.30. The van der Waals surface area contributed by atoms with E-state index in [1.165, 1.54) is 6.07 Å². The molecule has 1 amide bonds. The minimum absolute atomic E-state index is 0.150. The summed E-state index contributed by atoms with van der Waals surface area (Å²) in [6.45, 7) is 3.75. The first-order valence-corrected chi connectivity index (χ1v) is 10.2. The standard InChI is InChI=1S/C23H26F2N2O2/c1-3-5-20-23(10-12-26-13-11-23)16-14-15(29-2)8-9-19(16)27(20)22(28)21-17(24)6-4-7-18(21)25/h4,6-9,14,20,26H,3,5,10-13H2,1-2H3/t20-/m1/s1. The Bertz CT molecular complexity index is 905. The van der Waals surface area contributed by atoms with E-state index in [0.29, 0.717) is 0 Å². The van der Waals surface area contributed by atoms with Gasteiger partial charge in [-0.25, -0.2) is 8.78 Å². The molecular formula is C23H26F2N2O2. The summed E-state index contributed by atoms with van der Waals surface area (Å²) < 4.78 is 34.4. The Morgan fingerprint density at radius 3 is 2.52 bits per heavy atom. The number of rotatable bonds is 4. The van der Waals surface area contributed by atoms with Crippen LogP contribution in [-0.4, -0.2) is 32.1 Å². The Morgan fingerprint density at radius 2 is 1.90 bits per heavy atom. The molecule has 1 N–H and O–H groups in total. The lowest BCUT2D eigenvalue weighted by atomic mass is 9.68. The number of carbonyl (C=O) groups excluding carboxylic acids is 1. The number of halogens is 2. The van der Waals surface area contributed by atoms with Crippen molar-refractivity contribution in [3.63, 3.8) is 0 Å². The first kappa shape index (κ1) is 19.8. The largest absolute Gasteiger partial charge is 0.497 e. The van der Waals surface area contributed by atoms with Crippen molar-refractivity contribution >= 4 is 11.6 Å². The Labute approximate surface area is 169 Å². The molecule has 1 atom stereocenters. The van der Waals surface area contributed by atoms with E-state index < -0.39 is 23.1 Å². The van der Waals surface area contributed by atoms with Gasteiger partial charge in [0.2, 0.25) is 0 Å². The summed E-state index contributed by atoms with van der Waals surface area (Å²) in [6.07, 6.45) is 3.36. The van der Waals surface area contributed by atoms with Crippen LogP contribution in [-0.2, 0) is 5.41 Å². The normalized spacial score (nSPS) is 20.0. The van der Waals surface area contributed by atoms with Gasteiger partial charge in [-0.15, -0.1) is 0 Å². The number of hydrogen-bond acceptors (Lipinski definition) is 3. The van der Waals surface area contributed by atoms with Crippen LogP contribution in [0.4, 0.5) is 14.5 Å². The Morgan fingerprint density at radius 1 is 1.21 bits per heavy atom. The maximum atomic E-state index is 14.5. The molecule has 1 spiro atoms. The molecule has 6 heteroatoms. The van der Waals surface area contributed by atoms with E-state index in [-0.39, 0.29) is 11.5 Å². The van der Waals surface area contributed by atoms with E-state index in [2.05, 4.69) is 12.2 Å². The van der Waals surface area contributed by atoms with Crippen LogP contribution in [0.5, 0.6) is 5.75 Å². The Hall–Kier alpha value is -2.47. The van der Waals surface area contributed by atoms with Crippen molar-refractivity contribution in [2.45, 2.75) is 44.1 Å². The first-order valence-electron chi connectivity index (χ1n) is 10.2. The number of ether oxygens (including phenoxy) is 1. The van der Waals surface area contributed by atoms with E-state index >= 15 is 0 Å². The molecule has 2 aliphatic heterocycles. The molecule has 4 rings (SSSR count). The molecule has 4 nitrogen and oxygen atoms in total. The third-order valence-electron chi connectivity index (χ3n) is 6.40. The lowest BCUT2D eigenvalue weighted by Crippen LogP contribution is -2.52. The van der Waals surface area contributed by atoms with Crippen LogP contribution in [0, 0.1) is 11.6 Å². The molecule has 1 saturated heterocycles. The second kappa shape index (κ2) is 7.75. The van der Waals surface area contributed by atoms with Gasteiger partial charge in [0.15, 0.2) is 0 Å². The van der Waals surface area contributed by atoms with Crippen molar-refractivity contribution in [1.82, 2.24) is 5.32 Å². The van der Waals surface area contributed by atoms with Crippen molar-refractivity contribution in [2.75, 3.05) is 25.1 Å². The molecule has 0 radical (unpaired) electrons. The van der Waals surface area contributed by atoms with E-state index in [0.717, 1.165) is 67.9 Å². The summed E-state index contributed by atoms with van der Waals surface area (Å²) >= 11 is 0. The highest BCUT2D eigenvalue weighted by molar-refractivity contribution is 6.08. The number of benzene rings is 2. The minimum atomic E-state index is -0.827. The molecule has 2 aromatic carbocycles. The zero-order chi connectivity index (χ0) is 20.6. The molecule has 154 valence electrons. The monoisotopic (exact) mass is 400 g/mol. The van der Waals surface area contributed by atoms with Crippen molar-refractivity contribution in [3.8, 4) is 5.75 Å². The average molecular weight is 400 g/mol. The fourth-order valence-electron chi connectivity index (χ4n) is 5.07. The van der Waals surface area contributed by atoms with Crippen LogP contribution >= 0.6 is 0 Å². The predicted molar refractivity (Wildman–Crippen MR) is 109 cm³/mol. The van der Waals surface area contributed by atoms with Crippen molar-refractivity contribution in [2.24, 2.45) is 0 Å². The number of piperidine rings is 1. The van der Waals surface area contributed by atoms with E-state index in [1.54, 1.807) is 18.1 Å². The molecule has 0 saturated carbocycles. The molecule has 0 bridgehead atoms. The van der Waals surface area contributed by atoms with Gasteiger partial charge in [-0.05, 0) is 68.2 Å². The Balaban J connectivity index is 1.90. The number of fused-ring (bicyclic) bond motifs is 2. The fraction of sp³-hybridized carbons (Fsp3) is 0.435. The first-order chi connectivity index (χ1) is 14.0. The maximum Gasteiger partial charge on any atom is 0.264 e. The molecule has 29 heavy (non-hydrogen) atoms. The molecule has 0 aliphatic carbocycles. The van der Waals surface area contributed by atoms with Crippen molar-refractivity contribution < 1.29 is 18.3 Å². The second-order valence-corrected chi connectivity index (χ2v) is 7.87. The van der Waals surface area contributed by atoms with Crippen LogP contribution in [0.15, 0.2) is 36.4 Å². The topological polar surface area (TPSA) is 41.6 Å². The summed E-state index contributed by atoms with van der Waals surface area (Å²) in [7, 11) is 1.62. The van der Waals surface area contributed by atoms with Gasteiger partial charge in [-0.3, -0.25) is 4.79 Å². The highest BCUT2D eigenvalue weighted by atomic mass is 19.1. The second-order valence-electron chi connectivity index (χ2n) is 7.87. The summed E-state index contributed by atoms with van der Waals surface area (Å²) in [5, 5.41) is 3.40. The summed E-state index contributed by atoms with van der Waals surface area (Å²) in [5.41, 5.74) is 1.05. The zero-order valence-electron chi connectivity index (χ0n) is 16.8. The molecule has 2 aromatic rings. The summed E-state index contributed by atoms with van der Waals surface area (Å²) in [6, 6.07) is 9.05. The maximum absolute atomic E-state index is 14.5. The predicted octanol–water partition coefficient (Wildman–Crippen LogP) is 4.42. The van der Waals surface area contributed by atoms with Gasteiger partial charge < -0.3 is 15.0 Å². The fourth-order valence-corrected chi connectivity index (χ4v) is 5.07. The highest BCUT2D eigenvalue weighted by Crippen LogP contribution is 2.53. The number of anilines is 1. The molecule has 2 aliphatic rings. The van der Waals surface area contributed by atoms with Crippen molar-refractivity contribution in [3.05, 3.63) is 59.2 Å². The highest BCUT2D eigenvalue weighted by Gasteiger charge is 2.53. The number of amides is 1.